The summed E-state index contributed by atoms with van der Waals surface area (Å²) in [7, 11) is 0. The Bertz CT molecular complexity index is 416. The molecule has 1 aromatic rings. The van der Waals surface area contributed by atoms with Gasteiger partial charge in [-0.05, 0) is 44.9 Å². The predicted octanol–water partition coefficient (Wildman–Crippen LogP) is 1.82. The summed E-state index contributed by atoms with van der Waals surface area (Å²) in [4.78, 5) is 4.36. The third-order valence-electron chi connectivity index (χ3n) is 3.04. The number of nitrogens with one attached hydrogen (secondary N) is 2. The Morgan fingerprint density at radius 3 is 3.18 bits per heavy atom. The largest absolute Gasteiger partial charge is 0.370 e. The molecule has 2 N–H and O–H groups in total. The molecule has 1 aromatic heterocycles. The molecule has 1 saturated heterocycles. The Morgan fingerprint density at radius 1 is 1.59 bits per heavy atom. The number of nitrogens with zero attached hydrogens (tertiary/aromatic N) is 2. The molecule has 2 rings (SSSR count). The zero-order valence-corrected chi connectivity index (χ0v) is 10.2. The van der Waals surface area contributed by atoms with Crippen molar-refractivity contribution in [3.05, 3.63) is 23.4 Å². The summed E-state index contributed by atoms with van der Waals surface area (Å²) >= 11 is 0. The molecule has 0 amide bonds. The number of hydrogen-bond acceptors (Lipinski definition) is 4. The van der Waals surface area contributed by atoms with Crippen molar-refractivity contribution in [3.8, 4) is 6.07 Å². The third kappa shape index (κ3) is 3.43. The number of pyridine rings is 1. The monoisotopic (exact) mass is 230 g/mol. The minimum absolute atomic E-state index is 0.641. The van der Waals surface area contributed by atoms with Crippen molar-refractivity contribution in [3.63, 3.8) is 0 Å². The fourth-order valence-corrected chi connectivity index (χ4v) is 2.20. The molecule has 4 heteroatoms. The molecule has 1 atom stereocenters. The van der Waals surface area contributed by atoms with Crippen LogP contribution in [0.2, 0.25) is 0 Å². The van der Waals surface area contributed by atoms with Gasteiger partial charge in [-0.2, -0.15) is 5.26 Å². The van der Waals surface area contributed by atoms with Gasteiger partial charge in [-0.1, -0.05) is 0 Å². The van der Waals surface area contributed by atoms with E-state index in [1.165, 1.54) is 12.8 Å². The molecular weight excluding hydrogens is 212 g/mol. The van der Waals surface area contributed by atoms with Crippen LogP contribution in [0, 0.1) is 18.3 Å². The summed E-state index contributed by atoms with van der Waals surface area (Å²) in [6.45, 7) is 3.95. The van der Waals surface area contributed by atoms with Gasteiger partial charge in [0.25, 0.3) is 0 Å². The van der Waals surface area contributed by atoms with Gasteiger partial charge in [0, 0.05) is 18.3 Å². The first-order valence-electron chi connectivity index (χ1n) is 6.14. The van der Waals surface area contributed by atoms with Crippen LogP contribution in [0.15, 0.2) is 12.1 Å². The van der Waals surface area contributed by atoms with Crippen LogP contribution in [0.5, 0.6) is 0 Å². The Kier molecular flexibility index (Phi) is 3.94. The molecule has 1 aliphatic heterocycles. The van der Waals surface area contributed by atoms with Gasteiger partial charge in [0.1, 0.15) is 5.82 Å². The summed E-state index contributed by atoms with van der Waals surface area (Å²) < 4.78 is 0. The summed E-state index contributed by atoms with van der Waals surface area (Å²) in [5.74, 6) is 0.805. The van der Waals surface area contributed by atoms with Gasteiger partial charge < -0.3 is 10.6 Å². The van der Waals surface area contributed by atoms with Crippen molar-refractivity contribution < 1.29 is 0 Å². The molecule has 0 unspecified atom stereocenters. The van der Waals surface area contributed by atoms with Crippen LogP contribution < -0.4 is 10.6 Å². The van der Waals surface area contributed by atoms with Crippen LogP contribution in [0.25, 0.3) is 0 Å². The summed E-state index contributed by atoms with van der Waals surface area (Å²) in [5, 5.41) is 15.6. The van der Waals surface area contributed by atoms with E-state index >= 15 is 0 Å². The fourth-order valence-electron chi connectivity index (χ4n) is 2.20. The molecular formula is C13H18N4. The zero-order chi connectivity index (χ0) is 12.1. The number of nitriles is 1. The number of aryl methyl sites for hydroxylation is 1. The average Bonchev–Trinajstić information content (AvgIpc) is 2.81. The Morgan fingerprint density at radius 2 is 2.47 bits per heavy atom. The highest BCUT2D eigenvalue weighted by molar-refractivity contribution is 5.44. The molecule has 4 nitrogen and oxygen atoms in total. The molecule has 1 fully saturated rings. The summed E-state index contributed by atoms with van der Waals surface area (Å²) in [6.07, 6.45) is 3.66. The van der Waals surface area contributed by atoms with Crippen molar-refractivity contribution in [1.82, 2.24) is 10.3 Å². The van der Waals surface area contributed by atoms with Gasteiger partial charge in [0.15, 0.2) is 0 Å². The van der Waals surface area contributed by atoms with E-state index in [4.69, 9.17) is 5.26 Å². The quantitative estimate of drug-likeness (QED) is 0.828. The molecule has 0 radical (unpaired) electrons. The molecule has 0 aromatic carbocycles. The maximum atomic E-state index is 8.87. The van der Waals surface area contributed by atoms with E-state index in [0.29, 0.717) is 11.6 Å². The SMILES string of the molecule is Cc1cc(C#N)cc(NCC[C@H]2CCCN2)n1. The number of rotatable bonds is 4. The van der Waals surface area contributed by atoms with Gasteiger partial charge in [0.05, 0.1) is 11.6 Å². The third-order valence-corrected chi connectivity index (χ3v) is 3.04. The lowest BCUT2D eigenvalue weighted by Gasteiger charge is -2.11. The van der Waals surface area contributed by atoms with Crippen molar-refractivity contribution >= 4 is 5.82 Å². The normalized spacial score (nSPS) is 18.9. The number of aromatic nitrogens is 1. The van der Waals surface area contributed by atoms with E-state index < -0.39 is 0 Å². The second kappa shape index (κ2) is 5.65. The molecule has 0 saturated carbocycles. The summed E-state index contributed by atoms with van der Waals surface area (Å²) in [5.41, 5.74) is 1.55. The van der Waals surface area contributed by atoms with Crippen LogP contribution in [0.3, 0.4) is 0 Å². The number of anilines is 1. The van der Waals surface area contributed by atoms with Crippen LogP contribution in [0.1, 0.15) is 30.5 Å². The van der Waals surface area contributed by atoms with Crippen LogP contribution in [0.4, 0.5) is 5.82 Å². The maximum Gasteiger partial charge on any atom is 0.127 e. The maximum absolute atomic E-state index is 8.87. The number of hydrogen-bond donors (Lipinski definition) is 2. The second-order valence-corrected chi connectivity index (χ2v) is 4.50. The van der Waals surface area contributed by atoms with Crippen LogP contribution in [-0.4, -0.2) is 24.1 Å². The molecule has 0 spiro atoms. The van der Waals surface area contributed by atoms with Gasteiger partial charge in [-0.25, -0.2) is 4.98 Å². The van der Waals surface area contributed by atoms with E-state index in [9.17, 15) is 0 Å². The van der Waals surface area contributed by atoms with Gasteiger partial charge in [-0.3, -0.25) is 0 Å². The Hall–Kier alpha value is -1.60. The highest BCUT2D eigenvalue weighted by Gasteiger charge is 2.12. The van der Waals surface area contributed by atoms with Crippen molar-refractivity contribution in [1.29, 1.82) is 5.26 Å². The lowest BCUT2D eigenvalue weighted by Crippen LogP contribution is -2.24. The lowest BCUT2D eigenvalue weighted by molar-refractivity contribution is 0.574. The summed E-state index contributed by atoms with van der Waals surface area (Å²) in [6, 6.07) is 6.38. The fraction of sp³-hybridized carbons (Fsp3) is 0.538. The molecule has 17 heavy (non-hydrogen) atoms. The van der Waals surface area contributed by atoms with E-state index in [2.05, 4.69) is 21.7 Å². The average molecular weight is 230 g/mol. The minimum Gasteiger partial charge on any atom is -0.370 e. The minimum atomic E-state index is 0.641. The second-order valence-electron chi connectivity index (χ2n) is 4.50. The smallest absolute Gasteiger partial charge is 0.127 e. The molecule has 1 aliphatic rings. The van der Waals surface area contributed by atoms with Crippen molar-refractivity contribution in [2.75, 3.05) is 18.4 Å². The molecule has 0 aliphatic carbocycles. The van der Waals surface area contributed by atoms with E-state index in [-0.39, 0.29) is 0 Å². The van der Waals surface area contributed by atoms with Crippen molar-refractivity contribution in [2.24, 2.45) is 0 Å². The van der Waals surface area contributed by atoms with E-state index in [1.54, 1.807) is 12.1 Å². The van der Waals surface area contributed by atoms with Crippen molar-refractivity contribution in [2.45, 2.75) is 32.2 Å². The van der Waals surface area contributed by atoms with Gasteiger partial charge in [-0.15, -0.1) is 0 Å². The highest BCUT2D eigenvalue weighted by Crippen LogP contribution is 2.11. The molecule has 0 bridgehead atoms. The first kappa shape index (κ1) is 11.9. The van der Waals surface area contributed by atoms with Gasteiger partial charge >= 0.3 is 0 Å². The Balaban J connectivity index is 1.85. The highest BCUT2D eigenvalue weighted by atomic mass is 15.0. The molecule has 90 valence electrons. The standard InChI is InChI=1S/C13H18N4/c1-10-7-11(9-14)8-13(17-10)16-6-4-12-3-2-5-15-12/h7-8,12,15H,2-6H2,1H3,(H,16,17)/t12-/m1/s1. The Labute approximate surface area is 102 Å². The first-order valence-corrected chi connectivity index (χ1v) is 6.14. The lowest BCUT2D eigenvalue weighted by atomic mass is 10.1. The van der Waals surface area contributed by atoms with E-state index in [0.717, 1.165) is 31.0 Å². The van der Waals surface area contributed by atoms with Gasteiger partial charge in [0.2, 0.25) is 0 Å². The zero-order valence-electron chi connectivity index (χ0n) is 10.2. The predicted molar refractivity (Wildman–Crippen MR) is 67.8 cm³/mol. The van der Waals surface area contributed by atoms with E-state index in [1.807, 2.05) is 6.92 Å². The van der Waals surface area contributed by atoms with Crippen LogP contribution in [-0.2, 0) is 0 Å². The van der Waals surface area contributed by atoms with Crippen LogP contribution >= 0.6 is 0 Å². The first-order chi connectivity index (χ1) is 8.28. The molecule has 2 heterocycles. The topological polar surface area (TPSA) is 60.7 Å².